The highest BCUT2D eigenvalue weighted by molar-refractivity contribution is 9.09. The van der Waals surface area contributed by atoms with E-state index in [4.69, 9.17) is 0 Å². The van der Waals surface area contributed by atoms with E-state index in [1.54, 1.807) is 0 Å². The Hall–Kier alpha value is -0.380. The molecule has 0 radical (unpaired) electrons. The zero-order valence-electron chi connectivity index (χ0n) is 11.2. The molecule has 2 rings (SSSR count). The molecule has 0 bridgehead atoms. The van der Waals surface area contributed by atoms with Gasteiger partial charge in [-0.15, -0.1) is 0 Å². The van der Waals surface area contributed by atoms with Crippen molar-refractivity contribution in [2.24, 2.45) is 0 Å². The van der Waals surface area contributed by atoms with Crippen molar-refractivity contribution in [1.29, 1.82) is 0 Å². The average Bonchev–Trinajstić information content (AvgIpc) is 2.42. The Morgan fingerprint density at radius 3 is 2.06 bits per heavy atom. The number of piperazine rings is 1. The first-order valence-corrected chi connectivity index (χ1v) is 8.02. The van der Waals surface area contributed by atoms with E-state index >= 15 is 0 Å². The highest BCUT2D eigenvalue weighted by atomic mass is 79.9. The lowest BCUT2D eigenvalue weighted by atomic mass is 10.1. The lowest BCUT2D eigenvalue weighted by molar-refractivity contribution is 0.133. The molecule has 1 aromatic rings. The van der Waals surface area contributed by atoms with Crippen LogP contribution in [0, 0.1) is 0 Å². The summed E-state index contributed by atoms with van der Waals surface area (Å²) in [7, 11) is 0. The normalized spacial score (nSPS) is 18.1. The molecule has 1 aliphatic heterocycles. The van der Waals surface area contributed by atoms with Crippen molar-refractivity contribution in [3.05, 3.63) is 35.4 Å². The third-order valence-corrected chi connectivity index (χ3v) is 4.06. The molecule has 0 amide bonds. The van der Waals surface area contributed by atoms with Crippen LogP contribution >= 0.6 is 15.9 Å². The molecule has 2 nitrogen and oxygen atoms in total. The molecule has 3 heteroatoms. The largest absolute Gasteiger partial charge is 0.300 e. The second-order valence-corrected chi connectivity index (χ2v) is 5.77. The quantitative estimate of drug-likeness (QED) is 0.772. The number of hydrogen-bond acceptors (Lipinski definition) is 2. The van der Waals surface area contributed by atoms with Gasteiger partial charge in [0.1, 0.15) is 0 Å². The summed E-state index contributed by atoms with van der Waals surface area (Å²) in [5.41, 5.74) is 2.88. The Labute approximate surface area is 119 Å². The van der Waals surface area contributed by atoms with Crippen molar-refractivity contribution in [3.8, 4) is 0 Å². The summed E-state index contributed by atoms with van der Waals surface area (Å²) < 4.78 is 0. The van der Waals surface area contributed by atoms with Crippen molar-refractivity contribution in [3.63, 3.8) is 0 Å². The van der Waals surface area contributed by atoms with Gasteiger partial charge in [0.05, 0.1) is 0 Å². The minimum atomic E-state index is 1.09. The van der Waals surface area contributed by atoms with E-state index in [1.807, 2.05) is 0 Å². The van der Waals surface area contributed by atoms with Gasteiger partial charge in [-0.1, -0.05) is 47.1 Å². The lowest BCUT2D eigenvalue weighted by Crippen LogP contribution is -2.46. The lowest BCUT2D eigenvalue weighted by Gasteiger charge is -2.34. The molecule has 0 saturated carbocycles. The van der Waals surface area contributed by atoms with Crippen LogP contribution in [-0.4, -0.2) is 47.9 Å². The molecule has 0 aromatic heterocycles. The summed E-state index contributed by atoms with van der Waals surface area (Å²) in [5.74, 6) is 0. The fourth-order valence-electron chi connectivity index (χ4n) is 2.43. The first kappa shape index (κ1) is 14.0. The number of halogens is 1. The Bertz CT molecular complexity index is 342. The zero-order chi connectivity index (χ0) is 12.8. The van der Waals surface area contributed by atoms with Gasteiger partial charge >= 0.3 is 0 Å². The van der Waals surface area contributed by atoms with E-state index in [-0.39, 0.29) is 0 Å². The van der Waals surface area contributed by atoms with E-state index in [1.165, 1.54) is 43.9 Å². The fraction of sp³-hybridized carbons (Fsp3) is 0.600. The molecule has 1 aliphatic rings. The fourth-order valence-corrected chi connectivity index (χ4v) is 2.93. The predicted octanol–water partition coefficient (Wildman–Crippen LogP) is 2.76. The van der Waals surface area contributed by atoms with Gasteiger partial charge in [-0.25, -0.2) is 0 Å². The van der Waals surface area contributed by atoms with Crippen LogP contribution in [-0.2, 0) is 13.0 Å². The molecular formula is C15H23BrN2. The van der Waals surface area contributed by atoms with Gasteiger partial charge in [-0.05, 0) is 17.5 Å². The van der Waals surface area contributed by atoms with E-state index in [9.17, 15) is 0 Å². The number of rotatable bonds is 5. The standard InChI is InChI=1S/C15H23BrN2/c1-2-14-3-5-15(6-4-14)13-18-11-9-17(8-7-16)10-12-18/h3-6H,2,7-13H2,1H3. The van der Waals surface area contributed by atoms with E-state index in [2.05, 4.69) is 56.9 Å². The Kier molecular flexibility index (Phi) is 5.67. The Balaban J connectivity index is 1.80. The molecule has 0 atom stereocenters. The highest BCUT2D eigenvalue weighted by Gasteiger charge is 2.15. The van der Waals surface area contributed by atoms with Gasteiger partial charge in [0.2, 0.25) is 0 Å². The third-order valence-electron chi connectivity index (χ3n) is 3.70. The molecule has 0 spiro atoms. The molecular weight excluding hydrogens is 288 g/mol. The van der Waals surface area contributed by atoms with Gasteiger partial charge in [0, 0.05) is 44.6 Å². The summed E-state index contributed by atoms with van der Waals surface area (Å²) in [6.45, 7) is 9.30. The Morgan fingerprint density at radius 2 is 1.50 bits per heavy atom. The second-order valence-electron chi connectivity index (χ2n) is 4.98. The topological polar surface area (TPSA) is 6.48 Å². The van der Waals surface area contributed by atoms with Gasteiger partial charge in [-0.3, -0.25) is 9.80 Å². The molecule has 0 aliphatic carbocycles. The summed E-state index contributed by atoms with van der Waals surface area (Å²) in [4.78, 5) is 5.09. The SMILES string of the molecule is CCc1ccc(CN2CCN(CCBr)CC2)cc1. The first-order chi connectivity index (χ1) is 8.81. The van der Waals surface area contributed by atoms with Crippen LogP contribution in [0.3, 0.4) is 0 Å². The molecule has 1 aromatic carbocycles. The van der Waals surface area contributed by atoms with Crippen LogP contribution in [0.4, 0.5) is 0 Å². The average molecular weight is 311 g/mol. The maximum Gasteiger partial charge on any atom is 0.0234 e. The molecule has 0 N–H and O–H groups in total. The van der Waals surface area contributed by atoms with Crippen molar-refractivity contribution >= 4 is 15.9 Å². The number of alkyl halides is 1. The van der Waals surface area contributed by atoms with Crippen LogP contribution in [0.1, 0.15) is 18.1 Å². The van der Waals surface area contributed by atoms with Crippen molar-refractivity contribution in [1.82, 2.24) is 9.80 Å². The molecule has 18 heavy (non-hydrogen) atoms. The van der Waals surface area contributed by atoms with Gasteiger partial charge in [0.25, 0.3) is 0 Å². The van der Waals surface area contributed by atoms with E-state index < -0.39 is 0 Å². The van der Waals surface area contributed by atoms with Gasteiger partial charge in [-0.2, -0.15) is 0 Å². The minimum absolute atomic E-state index is 1.09. The molecule has 100 valence electrons. The number of benzene rings is 1. The van der Waals surface area contributed by atoms with Crippen LogP contribution < -0.4 is 0 Å². The molecule has 0 unspecified atom stereocenters. The van der Waals surface area contributed by atoms with E-state index in [0.29, 0.717) is 0 Å². The first-order valence-electron chi connectivity index (χ1n) is 6.90. The van der Waals surface area contributed by atoms with Crippen molar-refractivity contribution < 1.29 is 0 Å². The second kappa shape index (κ2) is 7.27. The maximum absolute atomic E-state index is 3.51. The maximum atomic E-state index is 3.51. The summed E-state index contributed by atoms with van der Waals surface area (Å²) in [6, 6.07) is 9.08. The number of nitrogens with zero attached hydrogens (tertiary/aromatic N) is 2. The molecule has 1 heterocycles. The number of hydrogen-bond donors (Lipinski definition) is 0. The zero-order valence-corrected chi connectivity index (χ0v) is 12.8. The van der Waals surface area contributed by atoms with Crippen molar-refractivity contribution in [2.45, 2.75) is 19.9 Å². The smallest absolute Gasteiger partial charge is 0.0234 e. The van der Waals surface area contributed by atoms with Crippen LogP contribution in [0.2, 0.25) is 0 Å². The van der Waals surface area contributed by atoms with Crippen LogP contribution in [0.5, 0.6) is 0 Å². The summed E-state index contributed by atoms with van der Waals surface area (Å²) >= 11 is 3.51. The minimum Gasteiger partial charge on any atom is -0.300 e. The van der Waals surface area contributed by atoms with Gasteiger partial charge in [0.15, 0.2) is 0 Å². The Morgan fingerprint density at radius 1 is 0.944 bits per heavy atom. The third kappa shape index (κ3) is 4.08. The molecule has 1 fully saturated rings. The number of aryl methyl sites for hydroxylation is 1. The summed E-state index contributed by atoms with van der Waals surface area (Å²) in [6.07, 6.45) is 1.13. The highest BCUT2D eigenvalue weighted by Crippen LogP contribution is 2.10. The van der Waals surface area contributed by atoms with Crippen LogP contribution in [0.15, 0.2) is 24.3 Å². The predicted molar refractivity (Wildman–Crippen MR) is 81.3 cm³/mol. The monoisotopic (exact) mass is 310 g/mol. The van der Waals surface area contributed by atoms with E-state index in [0.717, 1.165) is 18.3 Å². The van der Waals surface area contributed by atoms with Crippen LogP contribution in [0.25, 0.3) is 0 Å². The summed E-state index contributed by atoms with van der Waals surface area (Å²) in [5, 5.41) is 1.09. The molecule has 1 saturated heterocycles. The van der Waals surface area contributed by atoms with Gasteiger partial charge < -0.3 is 0 Å². The van der Waals surface area contributed by atoms with Crippen molar-refractivity contribution in [2.75, 3.05) is 38.1 Å².